The van der Waals surface area contributed by atoms with E-state index in [1.54, 1.807) is 11.9 Å². The quantitative estimate of drug-likeness (QED) is 0.158. The average Bonchev–Trinajstić information content (AvgIpc) is 2.95. The molecule has 0 atom stereocenters. The topological polar surface area (TPSA) is 49.8 Å². The van der Waals surface area contributed by atoms with E-state index in [-0.39, 0.29) is 6.42 Å². The van der Waals surface area contributed by atoms with E-state index in [1.807, 2.05) is 0 Å². The Labute approximate surface area is 242 Å². The summed E-state index contributed by atoms with van der Waals surface area (Å²) in [6.07, 6.45) is 5.22. The number of aliphatic carboxylic acids is 1. The van der Waals surface area contributed by atoms with Gasteiger partial charge in [-0.2, -0.15) is 0 Å². The first-order valence-corrected chi connectivity index (χ1v) is 15.1. The number of anilines is 1. The predicted octanol–water partition coefficient (Wildman–Crippen LogP) is 8.57. The summed E-state index contributed by atoms with van der Waals surface area (Å²) in [5.74, 6) is 0.0660. The first-order valence-electron chi connectivity index (χ1n) is 13.9. The molecule has 1 N–H and O–H groups in total. The number of benzene rings is 4. The molecule has 4 aromatic carbocycles. The summed E-state index contributed by atoms with van der Waals surface area (Å²) in [4.78, 5) is 12.0. The maximum atomic E-state index is 12.0. The van der Waals surface area contributed by atoms with Gasteiger partial charge < -0.3 is 14.1 Å². The summed E-state index contributed by atoms with van der Waals surface area (Å²) < 4.78 is 8.56. The Balaban J connectivity index is 1.51. The maximum absolute atomic E-state index is 12.0. The third kappa shape index (κ3) is 5.75. The average molecular weight is 552 g/mol. The Morgan fingerprint density at radius 1 is 0.925 bits per heavy atom. The number of carboxylic acids is 1. The molecule has 0 fully saturated rings. The third-order valence-corrected chi connectivity index (χ3v) is 8.62. The van der Waals surface area contributed by atoms with Gasteiger partial charge in [-0.25, -0.2) is 0 Å². The molecule has 0 aliphatic carbocycles. The first-order chi connectivity index (χ1) is 19.4. The second-order valence-electron chi connectivity index (χ2n) is 10.6. The van der Waals surface area contributed by atoms with Crippen LogP contribution in [0.15, 0.2) is 72.8 Å². The van der Waals surface area contributed by atoms with E-state index in [0.29, 0.717) is 6.61 Å². The zero-order valence-electron chi connectivity index (χ0n) is 23.8. The van der Waals surface area contributed by atoms with Gasteiger partial charge in [0.2, 0.25) is 0 Å². The van der Waals surface area contributed by atoms with Gasteiger partial charge in [-0.3, -0.25) is 4.79 Å². The molecule has 1 aliphatic rings. The van der Waals surface area contributed by atoms with Crippen LogP contribution in [-0.4, -0.2) is 23.9 Å². The summed E-state index contributed by atoms with van der Waals surface area (Å²) in [7, 11) is 0. The fourth-order valence-electron chi connectivity index (χ4n) is 5.84. The van der Waals surface area contributed by atoms with Crippen LogP contribution < -0.4 is 9.04 Å². The Kier molecular flexibility index (Phi) is 8.51. The van der Waals surface area contributed by atoms with Crippen molar-refractivity contribution >= 4 is 23.6 Å². The van der Waals surface area contributed by atoms with Crippen LogP contribution >= 0.6 is 11.9 Å². The van der Waals surface area contributed by atoms with Gasteiger partial charge in [-0.15, -0.1) is 0 Å². The number of carboxylic acid groups (broad SMARTS) is 1. The number of hydrogen-bond donors (Lipinski definition) is 1. The highest BCUT2D eigenvalue weighted by molar-refractivity contribution is 7.99. The number of unbranched alkanes of at least 4 members (excludes halogenated alkanes) is 1. The van der Waals surface area contributed by atoms with Gasteiger partial charge in [0.1, 0.15) is 5.75 Å². The lowest BCUT2D eigenvalue weighted by Gasteiger charge is -2.36. The minimum absolute atomic E-state index is 0.00955. The number of nitrogens with zero attached hydrogens (tertiary/aromatic N) is 1. The molecule has 0 saturated carbocycles. The van der Waals surface area contributed by atoms with Crippen molar-refractivity contribution in [2.75, 3.05) is 17.2 Å². The van der Waals surface area contributed by atoms with Gasteiger partial charge >= 0.3 is 5.97 Å². The van der Waals surface area contributed by atoms with Crippen LogP contribution in [0.2, 0.25) is 0 Å². The molecule has 0 saturated heterocycles. The number of carbonyl (C=O) groups is 1. The zero-order chi connectivity index (χ0) is 28.2. The molecule has 0 radical (unpaired) electrons. The van der Waals surface area contributed by atoms with Crippen molar-refractivity contribution in [1.29, 1.82) is 0 Å². The minimum Gasteiger partial charge on any atom is -0.494 e. The molecule has 0 amide bonds. The lowest BCUT2D eigenvalue weighted by atomic mass is 9.81. The second-order valence-corrected chi connectivity index (χ2v) is 11.4. The summed E-state index contributed by atoms with van der Waals surface area (Å²) in [6.45, 7) is 7.74. The second kappa shape index (κ2) is 12.2. The molecule has 0 aromatic heterocycles. The fraction of sp³-hybridized carbons (Fsp3) is 0.286. The van der Waals surface area contributed by atoms with Gasteiger partial charge in [0.15, 0.2) is 0 Å². The number of rotatable bonds is 10. The lowest BCUT2D eigenvalue weighted by Crippen LogP contribution is -2.22. The summed E-state index contributed by atoms with van der Waals surface area (Å²) in [5.41, 5.74) is 12.4. The van der Waals surface area contributed by atoms with Crippen molar-refractivity contribution in [3.05, 3.63) is 106 Å². The van der Waals surface area contributed by atoms with Crippen molar-refractivity contribution in [2.45, 2.75) is 53.0 Å². The standard InChI is InChI=1S/C35H37NO3S/c1-23-13-15-27(16-14-23)33-25(3)34-31-20-29(39-19-9-8-12-26-10-6-5-7-11-26)18-17-28(31)22-36(40-4)35(34)24(2)30(33)21-32(37)38/h5-7,10-11,13-18,20H,8-9,12,19,21-22H2,1-4H3,(H,37,38). The van der Waals surface area contributed by atoms with Crippen LogP contribution in [-0.2, 0) is 24.2 Å². The van der Waals surface area contributed by atoms with E-state index < -0.39 is 5.97 Å². The molecule has 1 aliphatic heterocycles. The van der Waals surface area contributed by atoms with Crippen LogP contribution in [0.1, 0.15) is 46.2 Å². The fourth-order valence-corrected chi connectivity index (χ4v) is 6.52. The highest BCUT2D eigenvalue weighted by atomic mass is 32.2. The molecule has 0 unspecified atom stereocenters. The van der Waals surface area contributed by atoms with Gasteiger partial charge in [0.05, 0.1) is 25.3 Å². The molecule has 1 heterocycles. The van der Waals surface area contributed by atoms with E-state index in [0.717, 1.165) is 65.1 Å². The van der Waals surface area contributed by atoms with Gasteiger partial charge in [0, 0.05) is 11.8 Å². The van der Waals surface area contributed by atoms with Crippen molar-refractivity contribution in [2.24, 2.45) is 0 Å². The van der Waals surface area contributed by atoms with E-state index in [4.69, 9.17) is 4.74 Å². The van der Waals surface area contributed by atoms with E-state index in [2.05, 4.69) is 104 Å². The Hall–Kier alpha value is -3.70. The van der Waals surface area contributed by atoms with Crippen LogP contribution in [0, 0.1) is 20.8 Å². The molecule has 0 spiro atoms. The van der Waals surface area contributed by atoms with Crippen LogP contribution in [0.4, 0.5) is 5.69 Å². The van der Waals surface area contributed by atoms with Crippen molar-refractivity contribution in [1.82, 2.24) is 0 Å². The largest absolute Gasteiger partial charge is 0.494 e. The smallest absolute Gasteiger partial charge is 0.307 e. The molecule has 5 heteroatoms. The Bertz CT molecular complexity index is 1510. The molecule has 0 bridgehead atoms. The van der Waals surface area contributed by atoms with Crippen molar-refractivity contribution < 1.29 is 14.6 Å². The van der Waals surface area contributed by atoms with Crippen molar-refractivity contribution in [3.63, 3.8) is 0 Å². The van der Waals surface area contributed by atoms with Crippen LogP contribution in [0.5, 0.6) is 5.75 Å². The summed E-state index contributed by atoms with van der Waals surface area (Å²) in [5, 5.41) is 9.87. The summed E-state index contributed by atoms with van der Waals surface area (Å²) >= 11 is 1.68. The predicted molar refractivity (Wildman–Crippen MR) is 167 cm³/mol. The van der Waals surface area contributed by atoms with Crippen LogP contribution in [0.25, 0.3) is 22.3 Å². The van der Waals surface area contributed by atoms with E-state index in [9.17, 15) is 9.90 Å². The zero-order valence-corrected chi connectivity index (χ0v) is 24.6. The van der Waals surface area contributed by atoms with Crippen LogP contribution in [0.3, 0.4) is 0 Å². The molecule has 4 nitrogen and oxygen atoms in total. The van der Waals surface area contributed by atoms with Gasteiger partial charge in [-0.05, 0) is 96.7 Å². The molecule has 206 valence electrons. The first kappa shape index (κ1) is 27.9. The van der Waals surface area contributed by atoms with Gasteiger partial charge in [0.25, 0.3) is 0 Å². The number of ether oxygens (including phenoxy) is 1. The normalized spacial score (nSPS) is 12.2. The van der Waals surface area contributed by atoms with Gasteiger partial charge in [-0.1, -0.05) is 78.2 Å². The lowest BCUT2D eigenvalue weighted by molar-refractivity contribution is -0.136. The molecular formula is C35H37NO3S. The monoisotopic (exact) mass is 551 g/mol. The SMILES string of the molecule is CSN1Cc2ccc(OCCCCc3ccccc3)cc2-c2c(C)c(-c3ccc(C)cc3)c(CC(=O)O)c(C)c21. The Morgan fingerprint density at radius 3 is 2.38 bits per heavy atom. The molecule has 4 aromatic rings. The maximum Gasteiger partial charge on any atom is 0.307 e. The molecule has 40 heavy (non-hydrogen) atoms. The third-order valence-electron chi connectivity index (χ3n) is 7.87. The number of aryl methyl sites for hydroxylation is 2. The van der Waals surface area contributed by atoms with Crippen molar-refractivity contribution in [3.8, 4) is 28.0 Å². The number of fused-ring (bicyclic) bond motifs is 3. The number of hydrogen-bond acceptors (Lipinski definition) is 4. The Morgan fingerprint density at radius 2 is 1.68 bits per heavy atom. The summed E-state index contributed by atoms with van der Waals surface area (Å²) in [6, 6.07) is 25.5. The highest BCUT2D eigenvalue weighted by Gasteiger charge is 2.30. The van der Waals surface area contributed by atoms with E-state index in [1.165, 1.54) is 27.8 Å². The van der Waals surface area contributed by atoms with E-state index >= 15 is 0 Å². The minimum atomic E-state index is -0.814. The molecular weight excluding hydrogens is 514 g/mol. The molecule has 5 rings (SSSR count). The highest BCUT2D eigenvalue weighted by Crippen LogP contribution is 2.50.